The monoisotopic (exact) mass is 276 g/mol. The molecule has 1 aromatic heterocycles. The second kappa shape index (κ2) is 5.15. The van der Waals surface area contributed by atoms with Crippen molar-refractivity contribution in [3.8, 4) is 0 Å². The Labute approximate surface area is 117 Å². The summed E-state index contributed by atoms with van der Waals surface area (Å²) in [6.07, 6.45) is 1.00. The molecule has 0 spiro atoms. The van der Waals surface area contributed by atoms with E-state index in [0.29, 0.717) is 5.58 Å². The number of carbonyl (C=O) groups is 1. The zero-order chi connectivity index (χ0) is 14.9. The van der Waals surface area contributed by atoms with Gasteiger partial charge in [-0.25, -0.2) is 4.79 Å². The first-order valence-electron chi connectivity index (χ1n) is 6.63. The Morgan fingerprint density at radius 1 is 1.15 bits per heavy atom. The maximum atomic E-state index is 11.2. The van der Waals surface area contributed by atoms with Crippen molar-refractivity contribution in [3.63, 3.8) is 0 Å². The van der Waals surface area contributed by atoms with Crippen molar-refractivity contribution in [1.82, 2.24) is 9.47 Å². The number of benzene rings is 1. The molecular weight excluding hydrogens is 256 g/mol. The molecule has 1 aliphatic heterocycles. The lowest BCUT2D eigenvalue weighted by Crippen LogP contribution is -2.27. The van der Waals surface area contributed by atoms with Gasteiger partial charge >= 0.3 is 5.76 Å². The average molecular weight is 276 g/mol. The summed E-state index contributed by atoms with van der Waals surface area (Å²) in [7, 11) is 3.55. The summed E-state index contributed by atoms with van der Waals surface area (Å²) in [6.45, 7) is 4.92. The van der Waals surface area contributed by atoms with Crippen molar-refractivity contribution in [1.29, 1.82) is 0 Å². The van der Waals surface area contributed by atoms with Gasteiger partial charge in [-0.2, -0.15) is 0 Å². The fraction of sp³-hybridized carbons (Fsp3) is 0.467. The highest BCUT2D eigenvalue weighted by molar-refractivity contribution is 5.83. The van der Waals surface area contributed by atoms with E-state index >= 15 is 0 Å². The van der Waals surface area contributed by atoms with Crippen LogP contribution in [0.25, 0.3) is 11.1 Å². The highest BCUT2D eigenvalue weighted by Crippen LogP contribution is 2.28. The minimum atomic E-state index is -0.314. The average Bonchev–Trinajstić information content (AvgIpc) is 2.83. The van der Waals surface area contributed by atoms with E-state index in [0.717, 1.165) is 18.5 Å². The minimum Gasteiger partial charge on any atom is -0.408 e. The highest BCUT2D eigenvalue weighted by Gasteiger charge is 2.36. The molecule has 1 aliphatic rings. The number of amides is 1. The standard InChI is InChI=1S/C8H7NO2.C7H13NO/c1-9-6-4-2-3-5-7(6)11-8(9)10;1-7(2)4-5-8(3)6(7)9/h2-5H,1H3;4-5H2,1-3H3. The number of likely N-dealkylation sites (tertiary alicyclic amines) is 1. The van der Waals surface area contributed by atoms with Crippen LogP contribution in [0.15, 0.2) is 33.5 Å². The van der Waals surface area contributed by atoms with Crippen LogP contribution in [0, 0.1) is 5.41 Å². The summed E-state index contributed by atoms with van der Waals surface area (Å²) in [6, 6.07) is 7.33. The summed E-state index contributed by atoms with van der Waals surface area (Å²) in [4.78, 5) is 23.9. The lowest BCUT2D eigenvalue weighted by atomic mass is 9.92. The zero-order valence-electron chi connectivity index (χ0n) is 12.3. The second-order valence-electron chi connectivity index (χ2n) is 5.76. The van der Waals surface area contributed by atoms with E-state index in [1.165, 1.54) is 4.57 Å². The van der Waals surface area contributed by atoms with Crippen molar-refractivity contribution in [2.24, 2.45) is 12.5 Å². The maximum Gasteiger partial charge on any atom is 0.419 e. The first kappa shape index (κ1) is 14.4. The van der Waals surface area contributed by atoms with Gasteiger partial charge in [-0.1, -0.05) is 26.0 Å². The number of para-hydroxylation sites is 2. The van der Waals surface area contributed by atoms with Crippen molar-refractivity contribution < 1.29 is 9.21 Å². The van der Waals surface area contributed by atoms with E-state index < -0.39 is 0 Å². The second-order valence-corrected chi connectivity index (χ2v) is 5.76. The van der Waals surface area contributed by atoms with Crippen LogP contribution in [0.5, 0.6) is 0 Å². The third kappa shape index (κ3) is 2.61. The third-order valence-electron chi connectivity index (χ3n) is 3.70. The van der Waals surface area contributed by atoms with Crippen LogP contribution in [0.2, 0.25) is 0 Å². The number of aromatic nitrogens is 1. The van der Waals surface area contributed by atoms with Gasteiger partial charge in [0.15, 0.2) is 5.58 Å². The zero-order valence-corrected chi connectivity index (χ0v) is 12.3. The molecule has 1 aromatic carbocycles. The van der Waals surface area contributed by atoms with Crippen LogP contribution in [0.1, 0.15) is 20.3 Å². The SMILES string of the molecule is CN1CCC(C)(C)C1=O.Cn1c(=O)oc2ccccc21. The summed E-state index contributed by atoms with van der Waals surface area (Å²) in [5.74, 6) is -0.0336. The number of carbonyl (C=O) groups excluding carboxylic acids is 1. The van der Waals surface area contributed by atoms with Gasteiger partial charge < -0.3 is 9.32 Å². The number of nitrogens with zero attached hydrogens (tertiary/aromatic N) is 2. The van der Waals surface area contributed by atoms with Crippen molar-refractivity contribution in [2.45, 2.75) is 20.3 Å². The Morgan fingerprint density at radius 3 is 2.25 bits per heavy atom. The van der Waals surface area contributed by atoms with E-state index in [2.05, 4.69) is 0 Å². The van der Waals surface area contributed by atoms with Crippen molar-refractivity contribution in [3.05, 3.63) is 34.8 Å². The molecule has 108 valence electrons. The molecule has 1 amide bonds. The van der Waals surface area contributed by atoms with E-state index in [-0.39, 0.29) is 17.1 Å². The van der Waals surface area contributed by atoms with Gasteiger partial charge in [0.1, 0.15) is 0 Å². The van der Waals surface area contributed by atoms with E-state index in [9.17, 15) is 9.59 Å². The molecule has 0 unspecified atom stereocenters. The van der Waals surface area contributed by atoms with Crippen molar-refractivity contribution in [2.75, 3.05) is 13.6 Å². The lowest BCUT2D eigenvalue weighted by molar-refractivity contribution is -0.133. The van der Waals surface area contributed by atoms with Gasteiger partial charge in [-0.3, -0.25) is 9.36 Å². The molecule has 2 heterocycles. The first-order chi connectivity index (χ1) is 9.33. The molecule has 3 rings (SSSR count). The maximum absolute atomic E-state index is 11.2. The minimum absolute atomic E-state index is 0.0885. The van der Waals surface area contributed by atoms with E-state index in [1.54, 1.807) is 18.0 Å². The molecule has 20 heavy (non-hydrogen) atoms. The first-order valence-corrected chi connectivity index (χ1v) is 6.63. The molecule has 0 saturated carbocycles. The van der Waals surface area contributed by atoms with Gasteiger partial charge in [0.25, 0.3) is 0 Å². The molecule has 1 saturated heterocycles. The molecule has 0 aliphatic carbocycles. The lowest BCUT2D eigenvalue weighted by Gasteiger charge is -2.14. The fourth-order valence-corrected chi connectivity index (χ4v) is 2.25. The Bertz CT molecular complexity index is 682. The number of hydrogen-bond donors (Lipinski definition) is 0. The molecule has 5 nitrogen and oxygen atoms in total. The summed E-state index contributed by atoms with van der Waals surface area (Å²) in [5.41, 5.74) is 1.38. The third-order valence-corrected chi connectivity index (χ3v) is 3.70. The van der Waals surface area contributed by atoms with Crippen LogP contribution in [-0.4, -0.2) is 29.0 Å². The number of aryl methyl sites for hydroxylation is 1. The van der Waals surface area contributed by atoms with Crippen LogP contribution < -0.4 is 5.76 Å². The van der Waals surface area contributed by atoms with E-state index in [4.69, 9.17) is 4.42 Å². The van der Waals surface area contributed by atoms with E-state index in [1.807, 2.05) is 39.1 Å². The molecule has 0 radical (unpaired) electrons. The van der Waals surface area contributed by atoms with Crippen molar-refractivity contribution >= 4 is 17.0 Å². The topological polar surface area (TPSA) is 55.5 Å². The van der Waals surface area contributed by atoms with Crippen LogP contribution in [0.3, 0.4) is 0 Å². The van der Waals surface area contributed by atoms with Crippen LogP contribution >= 0.6 is 0 Å². The van der Waals surface area contributed by atoms with Gasteiger partial charge in [0.05, 0.1) is 5.52 Å². The number of fused-ring (bicyclic) bond motifs is 1. The van der Waals surface area contributed by atoms with Crippen LogP contribution in [-0.2, 0) is 11.8 Å². The Morgan fingerprint density at radius 2 is 1.80 bits per heavy atom. The highest BCUT2D eigenvalue weighted by atomic mass is 16.4. The smallest absolute Gasteiger partial charge is 0.408 e. The normalized spacial score (nSPS) is 17.2. The van der Waals surface area contributed by atoms with Gasteiger partial charge in [-0.15, -0.1) is 0 Å². The Kier molecular flexibility index (Phi) is 3.70. The van der Waals surface area contributed by atoms with Gasteiger partial charge in [-0.05, 0) is 18.6 Å². The summed E-state index contributed by atoms with van der Waals surface area (Å²) in [5, 5.41) is 0. The fourth-order valence-electron chi connectivity index (χ4n) is 2.25. The number of oxazole rings is 1. The molecule has 2 aromatic rings. The quantitative estimate of drug-likeness (QED) is 0.739. The van der Waals surface area contributed by atoms with Gasteiger partial charge in [0.2, 0.25) is 5.91 Å². The number of hydrogen-bond acceptors (Lipinski definition) is 3. The Hall–Kier alpha value is -2.04. The molecule has 0 N–H and O–H groups in total. The summed E-state index contributed by atoms with van der Waals surface area (Å²) < 4.78 is 6.39. The molecule has 0 atom stereocenters. The predicted octanol–water partition coefficient (Wildman–Crippen LogP) is 2.01. The molecule has 0 bridgehead atoms. The molecule has 5 heteroatoms. The number of rotatable bonds is 0. The largest absolute Gasteiger partial charge is 0.419 e. The molecular formula is C15H20N2O3. The van der Waals surface area contributed by atoms with Gasteiger partial charge in [0, 0.05) is 26.1 Å². The Balaban J connectivity index is 0.000000151. The molecule has 1 fully saturated rings. The summed E-state index contributed by atoms with van der Waals surface area (Å²) >= 11 is 0. The predicted molar refractivity (Wildman–Crippen MR) is 77.5 cm³/mol. The van der Waals surface area contributed by atoms with Crippen LogP contribution in [0.4, 0.5) is 0 Å².